The van der Waals surface area contributed by atoms with Crippen molar-refractivity contribution in [2.45, 2.75) is 31.8 Å². The Morgan fingerprint density at radius 1 is 1.37 bits per heavy atom. The Kier molecular flexibility index (Phi) is 3.18. The third kappa shape index (κ3) is 2.32. The van der Waals surface area contributed by atoms with Crippen molar-refractivity contribution in [3.05, 3.63) is 6.07 Å². The normalized spacial score (nSPS) is 27.4. The first kappa shape index (κ1) is 12.5. The lowest BCUT2D eigenvalue weighted by atomic mass is 10.1. The summed E-state index contributed by atoms with van der Waals surface area (Å²) in [6.45, 7) is 5.58. The van der Waals surface area contributed by atoms with Crippen molar-refractivity contribution < 1.29 is 4.74 Å². The molecule has 2 aliphatic heterocycles. The van der Waals surface area contributed by atoms with Crippen LogP contribution in [0.5, 0.6) is 5.88 Å². The highest BCUT2D eigenvalue weighted by molar-refractivity contribution is 5.47. The maximum Gasteiger partial charge on any atom is 0.225 e. The lowest BCUT2D eigenvalue weighted by Crippen LogP contribution is -2.55. The van der Waals surface area contributed by atoms with Gasteiger partial charge in [-0.05, 0) is 26.3 Å². The second kappa shape index (κ2) is 4.85. The smallest absolute Gasteiger partial charge is 0.225 e. The molecule has 19 heavy (non-hydrogen) atoms. The number of hydrogen-bond donors (Lipinski definition) is 1. The van der Waals surface area contributed by atoms with Crippen molar-refractivity contribution in [3.8, 4) is 5.88 Å². The van der Waals surface area contributed by atoms with E-state index in [-0.39, 0.29) is 5.95 Å². The molecule has 3 heterocycles. The number of ether oxygens (including phenoxy) is 1. The Hall–Kier alpha value is -1.56. The molecule has 2 aliphatic rings. The van der Waals surface area contributed by atoms with Gasteiger partial charge in [0.1, 0.15) is 5.82 Å². The van der Waals surface area contributed by atoms with E-state index in [2.05, 4.69) is 26.7 Å². The van der Waals surface area contributed by atoms with E-state index in [0.717, 1.165) is 18.9 Å². The van der Waals surface area contributed by atoms with Crippen LogP contribution in [0.2, 0.25) is 0 Å². The Labute approximate surface area is 113 Å². The molecule has 2 unspecified atom stereocenters. The lowest BCUT2D eigenvalue weighted by molar-refractivity contribution is 0.202. The Morgan fingerprint density at radius 3 is 3.00 bits per heavy atom. The highest BCUT2D eigenvalue weighted by Crippen LogP contribution is 2.29. The summed E-state index contributed by atoms with van der Waals surface area (Å²) in [5.41, 5.74) is 5.75. The molecule has 0 spiro atoms. The van der Waals surface area contributed by atoms with Crippen LogP contribution in [0.4, 0.5) is 11.8 Å². The van der Waals surface area contributed by atoms with Crippen molar-refractivity contribution in [1.82, 2.24) is 14.9 Å². The van der Waals surface area contributed by atoms with E-state index in [9.17, 15) is 0 Å². The lowest BCUT2D eigenvalue weighted by Gasteiger charge is -2.43. The van der Waals surface area contributed by atoms with Crippen molar-refractivity contribution in [2.75, 3.05) is 37.4 Å². The highest BCUT2D eigenvalue weighted by Gasteiger charge is 2.35. The molecule has 6 heteroatoms. The average molecular weight is 263 g/mol. The summed E-state index contributed by atoms with van der Waals surface area (Å²) in [4.78, 5) is 13.3. The number of nitrogens with zero attached hydrogens (tertiary/aromatic N) is 4. The van der Waals surface area contributed by atoms with Gasteiger partial charge < -0.3 is 15.4 Å². The third-order valence-corrected chi connectivity index (χ3v) is 4.15. The largest absolute Gasteiger partial charge is 0.481 e. The number of aromatic nitrogens is 2. The Morgan fingerprint density at radius 2 is 2.21 bits per heavy atom. The number of hydrogen-bond acceptors (Lipinski definition) is 6. The number of piperazine rings is 1. The fourth-order valence-corrected chi connectivity index (χ4v) is 3.19. The van der Waals surface area contributed by atoms with E-state index in [1.54, 1.807) is 7.11 Å². The molecule has 0 bridgehead atoms. The van der Waals surface area contributed by atoms with Crippen LogP contribution in [0.15, 0.2) is 6.07 Å². The van der Waals surface area contributed by atoms with E-state index in [0.29, 0.717) is 18.0 Å². The van der Waals surface area contributed by atoms with Gasteiger partial charge in [-0.3, -0.25) is 4.90 Å². The predicted octanol–water partition coefficient (Wildman–Crippen LogP) is 0.740. The Bertz CT molecular complexity index is 466. The quantitative estimate of drug-likeness (QED) is 0.849. The standard InChI is InChI=1S/C13H21N5O/c1-9-7-17-5-3-4-10(17)8-18(9)11-6-12(19-2)16-13(14)15-11/h6,9-10H,3-5,7-8H2,1-2H3,(H2,14,15,16). The van der Waals surface area contributed by atoms with Gasteiger partial charge in [-0.15, -0.1) is 0 Å². The van der Waals surface area contributed by atoms with Crippen LogP contribution in [0.1, 0.15) is 19.8 Å². The monoisotopic (exact) mass is 263 g/mol. The van der Waals surface area contributed by atoms with Crippen molar-refractivity contribution in [2.24, 2.45) is 0 Å². The SMILES string of the molecule is COc1cc(N2CC3CCCN3CC2C)nc(N)n1. The molecule has 2 fully saturated rings. The fraction of sp³-hybridized carbons (Fsp3) is 0.692. The summed E-state index contributed by atoms with van der Waals surface area (Å²) in [7, 11) is 1.60. The van der Waals surface area contributed by atoms with E-state index in [4.69, 9.17) is 10.5 Å². The van der Waals surface area contributed by atoms with Gasteiger partial charge >= 0.3 is 0 Å². The number of nitrogen functional groups attached to an aromatic ring is 1. The van der Waals surface area contributed by atoms with E-state index in [1.807, 2.05) is 6.07 Å². The molecular formula is C13H21N5O. The second-order valence-corrected chi connectivity index (χ2v) is 5.42. The molecule has 0 saturated carbocycles. The van der Waals surface area contributed by atoms with Crippen LogP contribution in [0, 0.1) is 0 Å². The maximum atomic E-state index is 5.75. The van der Waals surface area contributed by atoms with Crippen LogP contribution in [-0.2, 0) is 0 Å². The summed E-state index contributed by atoms with van der Waals surface area (Å²) in [5.74, 6) is 1.68. The van der Waals surface area contributed by atoms with E-state index < -0.39 is 0 Å². The van der Waals surface area contributed by atoms with Gasteiger partial charge in [0.15, 0.2) is 0 Å². The van der Waals surface area contributed by atoms with Crippen molar-refractivity contribution in [1.29, 1.82) is 0 Å². The second-order valence-electron chi connectivity index (χ2n) is 5.42. The Balaban J connectivity index is 1.86. The molecule has 2 N–H and O–H groups in total. The van der Waals surface area contributed by atoms with Crippen LogP contribution >= 0.6 is 0 Å². The molecule has 0 aliphatic carbocycles. The van der Waals surface area contributed by atoms with Crippen LogP contribution in [-0.4, -0.2) is 53.7 Å². The van der Waals surface area contributed by atoms with Crippen LogP contribution in [0.3, 0.4) is 0 Å². The summed E-state index contributed by atoms with van der Waals surface area (Å²) >= 11 is 0. The highest BCUT2D eigenvalue weighted by atomic mass is 16.5. The molecule has 1 aromatic heterocycles. The molecule has 2 saturated heterocycles. The molecule has 3 rings (SSSR count). The summed E-state index contributed by atoms with van der Waals surface area (Å²) in [5, 5.41) is 0. The topological polar surface area (TPSA) is 67.5 Å². The van der Waals surface area contributed by atoms with Gasteiger partial charge in [0, 0.05) is 31.2 Å². The van der Waals surface area contributed by atoms with E-state index >= 15 is 0 Å². The fourth-order valence-electron chi connectivity index (χ4n) is 3.19. The minimum absolute atomic E-state index is 0.274. The van der Waals surface area contributed by atoms with Crippen LogP contribution in [0.25, 0.3) is 0 Å². The van der Waals surface area contributed by atoms with Crippen molar-refractivity contribution in [3.63, 3.8) is 0 Å². The minimum atomic E-state index is 0.274. The molecular weight excluding hydrogens is 242 g/mol. The average Bonchev–Trinajstić information content (AvgIpc) is 2.84. The van der Waals surface area contributed by atoms with Gasteiger partial charge in [0.25, 0.3) is 0 Å². The number of fused-ring (bicyclic) bond motifs is 1. The molecule has 0 aromatic carbocycles. The van der Waals surface area contributed by atoms with Gasteiger partial charge in [-0.25, -0.2) is 0 Å². The van der Waals surface area contributed by atoms with Gasteiger partial charge in [0.05, 0.1) is 7.11 Å². The van der Waals surface area contributed by atoms with Crippen LogP contribution < -0.4 is 15.4 Å². The summed E-state index contributed by atoms with van der Waals surface area (Å²) in [6.07, 6.45) is 2.58. The number of rotatable bonds is 2. The summed E-state index contributed by atoms with van der Waals surface area (Å²) in [6, 6.07) is 2.96. The predicted molar refractivity (Wildman–Crippen MR) is 74.4 cm³/mol. The number of anilines is 2. The summed E-state index contributed by atoms with van der Waals surface area (Å²) < 4.78 is 5.18. The number of methoxy groups -OCH3 is 1. The van der Waals surface area contributed by atoms with E-state index in [1.165, 1.54) is 19.4 Å². The first-order valence-electron chi connectivity index (χ1n) is 6.86. The zero-order valence-electron chi connectivity index (χ0n) is 11.5. The zero-order chi connectivity index (χ0) is 13.4. The molecule has 6 nitrogen and oxygen atoms in total. The van der Waals surface area contributed by atoms with Gasteiger partial charge in [-0.1, -0.05) is 0 Å². The molecule has 1 aromatic rings. The minimum Gasteiger partial charge on any atom is -0.481 e. The maximum absolute atomic E-state index is 5.75. The first-order chi connectivity index (χ1) is 9.17. The van der Waals surface area contributed by atoms with Gasteiger partial charge in [-0.2, -0.15) is 9.97 Å². The molecule has 0 amide bonds. The molecule has 0 radical (unpaired) electrons. The van der Waals surface area contributed by atoms with Gasteiger partial charge in [0.2, 0.25) is 11.8 Å². The molecule has 2 atom stereocenters. The first-order valence-corrected chi connectivity index (χ1v) is 6.86. The number of nitrogens with two attached hydrogens (primary N) is 1. The molecule has 104 valence electrons. The third-order valence-electron chi connectivity index (χ3n) is 4.15. The zero-order valence-corrected chi connectivity index (χ0v) is 11.5. The van der Waals surface area contributed by atoms with Crippen molar-refractivity contribution >= 4 is 11.8 Å².